The van der Waals surface area contributed by atoms with Crippen molar-refractivity contribution in [2.75, 3.05) is 74.3 Å². The summed E-state index contributed by atoms with van der Waals surface area (Å²) in [6.07, 6.45) is -1.70. The summed E-state index contributed by atoms with van der Waals surface area (Å²) in [6.45, 7) is 5.77. The SMILES string of the molecule is NCC(=O)Nc1ncc(-c2nc(N3CC4(COC4)C3)cc(N3CC4(COC4)C3)n2)c(C(F)F)n1. The first kappa shape index (κ1) is 21.5. The van der Waals surface area contributed by atoms with Crippen molar-refractivity contribution < 1.29 is 23.0 Å². The molecule has 4 aliphatic heterocycles. The van der Waals surface area contributed by atoms with E-state index in [1.165, 1.54) is 6.20 Å². The lowest BCUT2D eigenvalue weighted by atomic mass is 9.77. The minimum Gasteiger partial charge on any atom is -0.380 e. The van der Waals surface area contributed by atoms with Crippen LogP contribution in [0.3, 0.4) is 0 Å². The van der Waals surface area contributed by atoms with E-state index < -0.39 is 18.0 Å². The summed E-state index contributed by atoms with van der Waals surface area (Å²) in [5.74, 6) is 0.645. The van der Waals surface area contributed by atoms with Gasteiger partial charge in [0.15, 0.2) is 5.82 Å². The number of nitrogens with one attached hydrogen (secondary N) is 1. The van der Waals surface area contributed by atoms with E-state index in [4.69, 9.17) is 15.2 Å². The number of ether oxygens (including phenoxy) is 2. The van der Waals surface area contributed by atoms with Crippen molar-refractivity contribution in [2.45, 2.75) is 6.43 Å². The summed E-state index contributed by atoms with van der Waals surface area (Å²) in [5, 5.41) is 2.30. The third-order valence-electron chi connectivity index (χ3n) is 6.79. The molecule has 4 fully saturated rings. The Morgan fingerprint density at radius 3 is 2.03 bits per heavy atom. The summed E-state index contributed by atoms with van der Waals surface area (Å²) in [7, 11) is 0. The number of alkyl halides is 2. The van der Waals surface area contributed by atoms with Crippen LogP contribution in [0.4, 0.5) is 26.4 Å². The highest BCUT2D eigenvalue weighted by molar-refractivity contribution is 5.90. The zero-order valence-corrected chi connectivity index (χ0v) is 18.3. The first-order valence-corrected chi connectivity index (χ1v) is 11.1. The summed E-state index contributed by atoms with van der Waals surface area (Å²) < 4.78 is 38.6. The number of anilines is 3. The molecule has 11 nitrogen and oxygen atoms in total. The van der Waals surface area contributed by atoms with E-state index >= 15 is 0 Å². The normalized spacial score (nSPS) is 21.6. The summed E-state index contributed by atoms with van der Waals surface area (Å²) in [4.78, 5) is 32.9. The second kappa shape index (κ2) is 7.75. The lowest BCUT2D eigenvalue weighted by molar-refractivity contribution is -0.127. The molecule has 2 aromatic heterocycles. The monoisotopic (exact) mass is 474 g/mol. The molecular formula is C21H24F2N8O3. The highest BCUT2D eigenvalue weighted by atomic mass is 19.3. The largest absolute Gasteiger partial charge is 0.380 e. The number of halogens is 2. The second-order valence-corrected chi connectivity index (χ2v) is 9.65. The highest BCUT2D eigenvalue weighted by Gasteiger charge is 2.51. The minimum absolute atomic E-state index is 0.0216. The van der Waals surface area contributed by atoms with Gasteiger partial charge in [0.05, 0.1) is 49.4 Å². The van der Waals surface area contributed by atoms with Crippen LogP contribution in [0.2, 0.25) is 0 Å². The molecule has 0 atom stereocenters. The average molecular weight is 474 g/mol. The Balaban J connectivity index is 1.34. The van der Waals surface area contributed by atoms with Crippen molar-refractivity contribution in [1.82, 2.24) is 19.9 Å². The summed E-state index contributed by atoms with van der Waals surface area (Å²) >= 11 is 0. The second-order valence-electron chi connectivity index (χ2n) is 9.65. The van der Waals surface area contributed by atoms with E-state index in [9.17, 15) is 13.6 Å². The molecule has 6 heterocycles. The van der Waals surface area contributed by atoms with Crippen molar-refractivity contribution in [3.05, 3.63) is 18.0 Å². The number of rotatable bonds is 6. The van der Waals surface area contributed by atoms with Gasteiger partial charge in [-0.3, -0.25) is 10.1 Å². The molecule has 4 aliphatic rings. The third-order valence-corrected chi connectivity index (χ3v) is 6.79. The zero-order chi connectivity index (χ0) is 23.5. The van der Waals surface area contributed by atoms with Crippen LogP contribution >= 0.6 is 0 Å². The van der Waals surface area contributed by atoms with Gasteiger partial charge in [-0.05, 0) is 0 Å². The van der Waals surface area contributed by atoms with Gasteiger partial charge in [0.25, 0.3) is 6.43 Å². The number of hydrogen-bond donors (Lipinski definition) is 2. The van der Waals surface area contributed by atoms with Crippen LogP contribution in [-0.4, -0.2) is 85.0 Å². The van der Waals surface area contributed by atoms with E-state index in [1.807, 2.05) is 6.07 Å². The van der Waals surface area contributed by atoms with Crippen LogP contribution in [0, 0.1) is 10.8 Å². The molecule has 0 saturated carbocycles. The van der Waals surface area contributed by atoms with E-state index in [2.05, 4.69) is 35.1 Å². The van der Waals surface area contributed by atoms with E-state index in [0.29, 0.717) is 11.6 Å². The maximum absolute atomic E-state index is 14.0. The van der Waals surface area contributed by atoms with Gasteiger partial charge >= 0.3 is 0 Å². The Hall–Kier alpha value is -3.03. The number of nitrogens with zero attached hydrogens (tertiary/aromatic N) is 6. The molecule has 1 amide bonds. The van der Waals surface area contributed by atoms with E-state index in [-0.39, 0.29) is 34.7 Å². The number of aromatic nitrogens is 4. The van der Waals surface area contributed by atoms with Gasteiger partial charge in [0.2, 0.25) is 11.9 Å². The molecule has 0 radical (unpaired) electrons. The Morgan fingerprint density at radius 2 is 1.59 bits per heavy atom. The van der Waals surface area contributed by atoms with Crippen molar-refractivity contribution in [3.63, 3.8) is 0 Å². The molecule has 0 bridgehead atoms. The lowest BCUT2D eigenvalue weighted by Gasteiger charge is -2.56. The fourth-order valence-corrected chi connectivity index (χ4v) is 4.83. The van der Waals surface area contributed by atoms with Gasteiger partial charge in [0, 0.05) is 38.4 Å². The Kier molecular flexibility index (Phi) is 4.90. The molecule has 4 saturated heterocycles. The van der Waals surface area contributed by atoms with Crippen LogP contribution in [0.5, 0.6) is 0 Å². The highest BCUT2D eigenvalue weighted by Crippen LogP contribution is 2.43. The number of amides is 1. The number of nitrogens with two attached hydrogens (primary N) is 1. The van der Waals surface area contributed by atoms with Crippen LogP contribution in [0.15, 0.2) is 12.3 Å². The van der Waals surface area contributed by atoms with Gasteiger partial charge in [-0.2, -0.15) is 0 Å². The summed E-state index contributed by atoms with van der Waals surface area (Å²) in [5.41, 5.74) is 5.07. The number of hydrogen-bond acceptors (Lipinski definition) is 10. The molecule has 0 aromatic carbocycles. The third kappa shape index (κ3) is 3.54. The first-order valence-electron chi connectivity index (χ1n) is 11.1. The molecule has 34 heavy (non-hydrogen) atoms. The van der Waals surface area contributed by atoms with Crippen molar-refractivity contribution in [3.8, 4) is 11.4 Å². The smallest absolute Gasteiger partial charge is 0.281 e. The topological polar surface area (TPSA) is 132 Å². The molecule has 180 valence electrons. The minimum atomic E-state index is -2.92. The maximum Gasteiger partial charge on any atom is 0.281 e. The van der Waals surface area contributed by atoms with Gasteiger partial charge in [-0.15, -0.1) is 0 Å². The van der Waals surface area contributed by atoms with Gasteiger partial charge < -0.3 is 25.0 Å². The van der Waals surface area contributed by atoms with Crippen molar-refractivity contribution in [2.24, 2.45) is 16.6 Å². The number of carbonyl (C=O) groups is 1. The maximum atomic E-state index is 14.0. The molecule has 6 rings (SSSR count). The van der Waals surface area contributed by atoms with E-state index in [0.717, 1.165) is 52.6 Å². The average Bonchev–Trinajstić information content (AvgIpc) is 2.69. The predicted octanol–water partition coefficient (Wildman–Crippen LogP) is 0.442. The molecular weight excluding hydrogens is 450 g/mol. The zero-order valence-electron chi connectivity index (χ0n) is 18.3. The Labute approximate surface area is 193 Å². The molecule has 2 aromatic rings. The van der Waals surface area contributed by atoms with Crippen molar-refractivity contribution >= 4 is 23.5 Å². The van der Waals surface area contributed by atoms with Gasteiger partial charge in [-0.25, -0.2) is 28.7 Å². The predicted molar refractivity (Wildman–Crippen MR) is 117 cm³/mol. The molecule has 0 aliphatic carbocycles. The Bertz CT molecular complexity index is 1080. The number of carbonyl (C=O) groups excluding carboxylic acids is 1. The van der Waals surface area contributed by atoms with Crippen LogP contribution in [-0.2, 0) is 14.3 Å². The fraction of sp³-hybridized carbons (Fsp3) is 0.571. The molecule has 3 N–H and O–H groups in total. The standard InChI is InChI=1S/C21H24F2N8O3/c22-17(23)16-12(3-25-19(29-16)28-15(32)2-24)18-26-13(30-4-20(5-30)8-33-9-20)1-14(27-18)31-6-21(7-31)10-34-11-21/h1,3,17H,2,4-11,24H2,(H,25,28,29,32). The molecule has 13 heteroatoms. The quantitative estimate of drug-likeness (QED) is 0.608. The summed E-state index contributed by atoms with van der Waals surface area (Å²) in [6, 6.07) is 1.90. The Morgan fingerprint density at radius 1 is 1.03 bits per heavy atom. The molecule has 2 spiro atoms. The van der Waals surface area contributed by atoms with Crippen LogP contribution < -0.4 is 20.9 Å². The fourth-order valence-electron chi connectivity index (χ4n) is 4.83. The van der Waals surface area contributed by atoms with Crippen molar-refractivity contribution in [1.29, 1.82) is 0 Å². The van der Waals surface area contributed by atoms with Gasteiger partial charge in [-0.1, -0.05) is 0 Å². The first-order chi connectivity index (χ1) is 16.4. The molecule has 0 unspecified atom stereocenters. The van der Waals surface area contributed by atoms with Gasteiger partial charge in [0.1, 0.15) is 17.3 Å². The van der Waals surface area contributed by atoms with Crippen LogP contribution in [0.25, 0.3) is 11.4 Å². The van der Waals surface area contributed by atoms with Crippen LogP contribution in [0.1, 0.15) is 12.1 Å². The van der Waals surface area contributed by atoms with E-state index in [1.54, 1.807) is 0 Å². The lowest BCUT2D eigenvalue weighted by Crippen LogP contribution is -2.67.